The highest BCUT2D eigenvalue weighted by molar-refractivity contribution is 5.92. The number of ketones is 1. The number of hydrogen-bond acceptors (Lipinski definition) is 3. The molecule has 13 heavy (non-hydrogen) atoms. The van der Waals surface area contributed by atoms with Crippen molar-refractivity contribution >= 4 is 11.8 Å². The van der Waals surface area contributed by atoms with E-state index >= 15 is 0 Å². The fourth-order valence-electron chi connectivity index (χ4n) is 0.806. The Labute approximate surface area is 73.9 Å². The fourth-order valence-corrected chi connectivity index (χ4v) is 0.806. The molecule has 0 unspecified atom stereocenters. The molecule has 0 radical (unpaired) electrons. The van der Waals surface area contributed by atoms with Crippen LogP contribution >= 0.6 is 0 Å². The molecule has 0 amide bonds. The summed E-state index contributed by atoms with van der Waals surface area (Å²) in [4.78, 5) is 21.0. The van der Waals surface area contributed by atoms with E-state index in [0.717, 1.165) is 0 Å². The van der Waals surface area contributed by atoms with Crippen molar-refractivity contribution in [2.45, 2.75) is 25.3 Å². The van der Waals surface area contributed by atoms with Gasteiger partial charge in [-0.25, -0.2) is 0 Å². The zero-order chi connectivity index (χ0) is 10.6. The molecule has 0 saturated heterocycles. The second-order valence-corrected chi connectivity index (χ2v) is 2.69. The monoisotopic (exact) mass is 195 g/mol. The van der Waals surface area contributed by atoms with Crippen LogP contribution in [0.5, 0.6) is 0 Å². The average molecular weight is 195 g/mol. The van der Waals surface area contributed by atoms with Crippen molar-refractivity contribution in [3.63, 3.8) is 0 Å². The Morgan fingerprint density at radius 3 is 2.23 bits per heavy atom. The summed E-state index contributed by atoms with van der Waals surface area (Å²) < 4.78 is 24.8. The molecule has 0 aliphatic carbocycles. The number of rotatable bonds is 5. The van der Waals surface area contributed by atoms with E-state index in [-0.39, 0.29) is 0 Å². The first kappa shape index (κ1) is 12.0. The summed E-state index contributed by atoms with van der Waals surface area (Å²) in [5, 5.41) is 10.5. The van der Waals surface area contributed by atoms with Gasteiger partial charge in [-0.2, -0.15) is 8.78 Å². The molecule has 0 rings (SSSR count). The van der Waals surface area contributed by atoms with Gasteiger partial charge in [0.2, 0.25) is 5.78 Å². The second-order valence-electron chi connectivity index (χ2n) is 2.69. The first-order valence-electron chi connectivity index (χ1n) is 3.60. The lowest BCUT2D eigenvalue weighted by atomic mass is 10.1. The van der Waals surface area contributed by atoms with E-state index in [2.05, 4.69) is 5.32 Å². The quantitative estimate of drug-likeness (QED) is 0.661. The molecule has 76 valence electrons. The van der Waals surface area contributed by atoms with Crippen LogP contribution in [0.1, 0.15) is 13.3 Å². The summed E-state index contributed by atoms with van der Waals surface area (Å²) in [5.74, 6) is -6.20. The number of Topliss-reactive ketones (excluding diaryl/α,β-unsaturated/α-hetero) is 1. The van der Waals surface area contributed by atoms with Crippen molar-refractivity contribution in [3.8, 4) is 0 Å². The molecule has 0 fully saturated rings. The minimum atomic E-state index is -3.50. The lowest BCUT2D eigenvalue weighted by Gasteiger charge is -2.16. The molecule has 0 bridgehead atoms. The van der Waals surface area contributed by atoms with Gasteiger partial charge in [0.1, 0.15) is 0 Å². The predicted molar refractivity (Wildman–Crippen MR) is 40.7 cm³/mol. The maximum atomic E-state index is 12.4. The van der Waals surface area contributed by atoms with Crippen molar-refractivity contribution in [2.75, 3.05) is 7.05 Å². The molecule has 6 heteroatoms. The van der Waals surface area contributed by atoms with Crippen molar-refractivity contribution < 1.29 is 23.5 Å². The molecule has 4 nitrogen and oxygen atoms in total. The van der Waals surface area contributed by atoms with Gasteiger partial charge in [0.05, 0.1) is 12.5 Å². The molecule has 0 aromatic rings. The number of carbonyl (C=O) groups is 2. The number of carbonyl (C=O) groups excluding carboxylic acids is 1. The molecule has 1 atom stereocenters. The van der Waals surface area contributed by atoms with Gasteiger partial charge in [-0.15, -0.1) is 0 Å². The predicted octanol–water partition coefficient (Wildman–Crippen LogP) is 0.273. The number of carboxylic acids is 1. The summed E-state index contributed by atoms with van der Waals surface area (Å²) in [7, 11) is 1.26. The number of aliphatic carboxylic acids is 1. The maximum absolute atomic E-state index is 12.4. The Bertz CT molecular complexity index is 212. The van der Waals surface area contributed by atoms with E-state index in [1.807, 2.05) is 0 Å². The summed E-state index contributed by atoms with van der Waals surface area (Å²) in [6.45, 7) is 0.446. The average Bonchev–Trinajstić information content (AvgIpc) is 1.96. The Morgan fingerprint density at radius 2 is 2.00 bits per heavy atom. The van der Waals surface area contributed by atoms with Crippen LogP contribution in [0.2, 0.25) is 0 Å². The Kier molecular flexibility index (Phi) is 3.93. The molecule has 0 heterocycles. The topological polar surface area (TPSA) is 66.4 Å². The second kappa shape index (κ2) is 4.27. The van der Waals surface area contributed by atoms with Gasteiger partial charge in [-0.3, -0.25) is 9.59 Å². The third-order valence-electron chi connectivity index (χ3n) is 1.48. The molecule has 0 aliphatic rings. The van der Waals surface area contributed by atoms with Crippen LogP contribution in [0.15, 0.2) is 0 Å². The smallest absolute Gasteiger partial charge is 0.305 e. The van der Waals surface area contributed by atoms with E-state index in [1.165, 1.54) is 7.05 Å². The largest absolute Gasteiger partial charge is 0.481 e. The van der Waals surface area contributed by atoms with Crippen molar-refractivity contribution in [2.24, 2.45) is 0 Å². The maximum Gasteiger partial charge on any atom is 0.305 e. The number of halogens is 2. The van der Waals surface area contributed by atoms with E-state index in [9.17, 15) is 18.4 Å². The van der Waals surface area contributed by atoms with Crippen LogP contribution in [-0.2, 0) is 9.59 Å². The first-order chi connectivity index (χ1) is 5.79. The molecule has 2 N–H and O–H groups in total. The Hall–Kier alpha value is -1.04. The highest BCUT2D eigenvalue weighted by Crippen LogP contribution is 2.16. The van der Waals surface area contributed by atoms with Crippen LogP contribution in [0, 0.1) is 0 Å². The normalized spacial score (nSPS) is 13.8. The lowest BCUT2D eigenvalue weighted by molar-refractivity contribution is -0.147. The standard InChI is InChI=1S/C7H11F2NO3/c1-7(8,9)6(13)4(10-2)3-5(11)12/h4,10H,3H2,1-2H3,(H,11,12)/t4-/m0/s1. The van der Waals surface area contributed by atoms with Crippen molar-refractivity contribution in [1.29, 1.82) is 0 Å². The third kappa shape index (κ3) is 3.93. The zero-order valence-electron chi connectivity index (χ0n) is 7.30. The van der Waals surface area contributed by atoms with E-state index in [4.69, 9.17) is 5.11 Å². The molecule has 0 aliphatic heterocycles. The van der Waals surface area contributed by atoms with Gasteiger partial charge in [0.15, 0.2) is 0 Å². The molecular formula is C7H11F2NO3. The minimum Gasteiger partial charge on any atom is -0.481 e. The van der Waals surface area contributed by atoms with Gasteiger partial charge in [-0.05, 0) is 7.05 Å². The number of alkyl halides is 2. The van der Waals surface area contributed by atoms with Gasteiger partial charge >= 0.3 is 11.9 Å². The summed E-state index contributed by atoms with van der Waals surface area (Å²) in [5.41, 5.74) is 0. The van der Waals surface area contributed by atoms with Gasteiger partial charge in [0, 0.05) is 6.92 Å². The molecule has 0 spiro atoms. The van der Waals surface area contributed by atoms with Crippen molar-refractivity contribution in [3.05, 3.63) is 0 Å². The van der Waals surface area contributed by atoms with E-state index in [0.29, 0.717) is 6.92 Å². The van der Waals surface area contributed by atoms with Gasteiger partial charge in [-0.1, -0.05) is 0 Å². The molecule has 0 saturated carbocycles. The Morgan fingerprint density at radius 1 is 1.54 bits per heavy atom. The van der Waals surface area contributed by atoms with E-state index in [1.54, 1.807) is 0 Å². The van der Waals surface area contributed by atoms with E-state index < -0.39 is 30.1 Å². The first-order valence-corrected chi connectivity index (χ1v) is 3.60. The zero-order valence-corrected chi connectivity index (χ0v) is 7.30. The highest BCUT2D eigenvalue weighted by atomic mass is 19.3. The fraction of sp³-hybridized carbons (Fsp3) is 0.714. The SMILES string of the molecule is CN[C@@H](CC(=O)O)C(=O)C(C)(F)F. The number of likely N-dealkylation sites (N-methyl/N-ethyl adjacent to an activating group) is 1. The third-order valence-corrected chi connectivity index (χ3v) is 1.48. The van der Waals surface area contributed by atoms with Gasteiger partial charge in [0.25, 0.3) is 0 Å². The number of carboxylic acid groups (broad SMARTS) is 1. The van der Waals surface area contributed by atoms with Crippen LogP contribution in [-0.4, -0.2) is 35.9 Å². The highest BCUT2D eigenvalue weighted by Gasteiger charge is 2.38. The van der Waals surface area contributed by atoms with Crippen molar-refractivity contribution in [1.82, 2.24) is 5.32 Å². The summed E-state index contributed by atoms with van der Waals surface area (Å²) in [6, 6.07) is -1.34. The molecular weight excluding hydrogens is 184 g/mol. The number of nitrogens with one attached hydrogen (secondary N) is 1. The van der Waals surface area contributed by atoms with Crippen LogP contribution in [0.3, 0.4) is 0 Å². The Balaban J connectivity index is 4.41. The molecule has 0 aromatic carbocycles. The summed E-state index contributed by atoms with van der Waals surface area (Å²) >= 11 is 0. The van der Waals surface area contributed by atoms with Crippen LogP contribution < -0.4 is 5.32 Å². The summed E-state index contributed by atoms with van der Waals surface area (Å²) in [6.07, 6.45) is -0.640. The van der Waals surface area contributed by atoms with Gasteiger partial charge < -0.3 is 10.4 Å². The lowest BCUT2D eigenvalue weighted by Crippen LogP contribution is -2.44. The molecule has 0 aromatic heterocycles. The van der Waals surface area contributed by atoms with Crippen LogP contribution in [0.25, 0.3) is 0 Å². The number of hydrogen-bond donors (Lipinski definition) is 2. The van der Waals surface area contributed by atoms with Crippen LogP contribution in [0.4, 0.5) is 8.78 Å². The minimum absolute atomic E-state index is 0.446.